The summed E-state index contributed by atoms with van der Waals surface area (Å²) in [5.74, 6) is -0.537. The molecule has 1 aliphatic rings. The van der Waals surface area contributed by atoms with Gasteiger partial charge < -0.3 is 19.4 Å². The molecular formula is C40H48O5SSi. The van der Waals surface area contributed by atoms with Crippen LogP contribution in [0.25, 0.3) is 10.1 Å². The van der Waals surface area contributed by atoms with Gasteiger partial charge in [-0.1, -0.05) is 124 Å². The van der Waals surface area contributed by atoms with E-state index in [1.165, 1.54) is 27.6 Å². The van der Waals surface area contributed by atoms with Crippen LogP contribution in [0.5, 0.6) is 0 Å². The summed E-state index contributed by atoms with van der Waals surface area (Å²) >= 11 is 1.75. The van der Waals surface area contributed by atoms with Crippen molar-refractivity contribution < 1.29 is 24.2 Å². The van der Waals surface area contributed by atoms with E-state index >= 15 is 0 Å². The van der Waals surface area contributed by atoms with Gasteiger partial charge in [0.25, 0.3) is 8.32 Å². The monoisotopic (exact) mass is 668 g/mol. The molecule has 248 valence electrons. The first-order valence-corrected chi connectivity index (χ1v) is 19.4. The van der Waals surface area contributed by atoms with E-state index in [1.807, 2.05) is 0 Å². The second-order valence-corrected chi connectivity index (χ2v) is 18.9. The molecule has 0 spiro atoms. The number of ether oxygens (including phenoxy) is 1. The van der Waals surface area contributed by atoms with Crippen molar-refractivity contribution in [3.05, 3.63) is 120 Å². The van der Waals surface area contributed by atoms with Crippen molar-refractivity contribution in [2.45, 2.75) is 76.2 Å². The molecule has 1 aliphatic carbocycles. The number of rotatable bonds is 13. The zero-order valence-electron chi connectivity index (χ0n) is 27.9. The van der Waals surface area contributed by atoms with Crippen LogP contribution in [0.3, 0.4) is 0 Å². The standard InChI is InChI=1S/C40H48O5SSi/c1-40(2,3)47(30-18-9-7-10-19-30,31-20-11-8-12-21-31)45-36(38-27-29-17-15-16-23-37(29)46-38)26-25-33-32(34(41)28-35(33)42)22-13-5-6-14-24-39(43)44-4/h5,7-13,15-21,23,25-27,32-36,41-42H,6,14,22,24,28H2,1-4H3/t32-,33+,34-,35-,36-/m1/s1. The molecule has 0 unspecified atom stereocenters. The van der Waals surface area contributed by atoms with Crippen LogP contribution >= 0.6 is 11.3 Å². The Labute approximate surface area is 284 Å². The highest BCUT2D eigenvalue weighted by Gasteiger charge is 2.51. The molecule has 2 N–H and O–H groups in total. The van der Waals surface area contributed by atoms with Crippen molar-refractivity contribution in [1.29, 1.82) is 0 Å². The first-order chi connectivity index (χ1) is 22.6. The molecular weight excluding hydrogens is 621 g/mol. The van der Waals surface area contributed by atoms with Gasteiger partial charge in [-0.25, -0.2) is 0 Å². The van der Waals surface area contributed by atoms with Gasteiger partial charge in [0.2, 0.25) is 0 Å². The number of allylic oxidation sites excluding steroid dienone is 2. The summed E-state index contributed by atoms with van der Waals surface area (Å²) < 4.78 is 13.6. The highest BCUT2D eigenvalue weighted by Crippen LogP contribution is 2.43. The summed E-state index contributed by atoms with van der Waals surface area (Å²) in [5, 5.41) is 25.6. The van der Waals surface area contributed by atoms with E-state index in [0.717, 1.165) is 17.7 Å². The highest BCUT2D eigenvalue weighted by atomic mass is 32.1. The van der Waals surface area contributed by atoms with Crippen LogP contribution in [0.1, 0.15) is 63.9 Å². The van der Waals surface area contributed by atoms with Crippen molar-refractivity contribution in [3.63, 3.8) is 0 Å². The molecule has 1 heterocycles. The lowest BCUT2D eigenvalue weighted by Gasteiger charge is -2.44. The number of carbonyl (C=O) groups is 1. The van der Waals surface area contributed by atoms with Crippen LogP contribution in [-0.2, 0) is 14.0 Å². The Morgan fingerprint density at radius 3 is 2.19 bits per heavy atom. The number of aliphatic hydroxyl groups excluding tert-OH is 2. The Morgan fingerprint density at radius 2 is 1.57 bits per heavy atom. The van der Waals surface area contributed by atoms with Gasteiger partial charge in [0.15, 0.2) is 0 Å². The van der Waals surface area contributed by atoms with E-state index in [0.29, 0.717) is 19.3 Å². The quantitative estimate of drug-likeness (QED) is 0.0661. The summed E-state index contributed by atoms with van der Waals surface area (Å²) in [4.78, 5) is 12.6. The second kappa shape index (κ2) is 15.7. The predicted octanol–water partition coefficient (Wildman–Crippen LogP) is 7.72. The maximum atomic E-state index is 11.4. The largest absolute Gasteiger partial charge is 0.469 e. The third-order valence-electron chi connectivity index (χ3n) is 9.42. The minimum atomic E-state index is -2.91. The van der Waals surface area contributed by atoms with E-state index in [9.17, 15) is 15.0 Å². The van der Waals surface area contributed by atoms with Gasteiger partial charge in [0.1, 0.15) is 0 Å². The normalized spacial score (nSPS) is 21.1. The lowest BCUT2D eigenvalue weighted by atomic mass is 9.89. The summed E-state index contributed by atoms with van der Waals surface area (Å²) in [6.07, 6.45) is 9.65. The predicted molar refractivity (Wildman–Crippen MR) is 196 cm³/mol. The number of hydrogen-bond acceptors (Lipinski definition) is 6. The lowest BCUT2D eigenvalue weighted by molar-refractivity contribution is -0.140. The number of fused-ring (bicyclic) bond motifs is 1. The molecule has 0 aliphatic heterocycles. The fourth-order valence-electron chi connectivity index (χ4n) is 6.99. The minimum Gasteiger partial charge on any atom is -0.469 e. The maximum Gasteiger partial charge on any atom is 0.305 e. The van der Waals surface area contributed by atoms with Crippen molar-refractivity contribution in [2.24, 2.45) is 11.8 Å². The van der Waals surface area contributed by atoms with Crippen molar-refractivity contribution in [3.8, 4) is 0 Å². The van der Waals surface area contributed by atoms with Gasteiger partial charge in [0, 0.05) is 28.3 Å². The van der Waals surface area contributed by atoms with Gasteiger partial charge in [-0.2, -0.15) is 0 Å². The number of unbranched alkanes of at least 4 members (excludes halogenated alkanes) is 1. The van der Waals surface area contributed by atoms with Crippen molar-refractivity contribution in [1.82, 2.24) is 0 Å². The number of hydrogen-bond donors (Lipinski definition) is 2. The molecule has 0 amide bonds. The Bertz CT molecular complexity index is 1570. The lowest BCUT2D eigenvalue weighted by Crippen LogP contribution is -2.66. The van der Waals surface area contributed by atoms with Gasteiger partial charge in [-0.05, 0) is 58.1 Å². The first kappa shape index (κ1) is 35.0. The van der Waals surface area contributed by atoms with E-state index < -0.39 is 20.5 Å². The topological polar surface area (TPSA) is 76.0 Å². The van der Waals surface area contributed by atoms with Crippen LogP contribution in [0, 0.1) is 11.8 Å². The molecule has 3 aromatic carbocycles. The molecule has 7 heteroatoms. The average Bonchev–Trinajstić information content (AvgIpc) is 3.62. The molecule has 1 fully saturated rings. The molecule has 47 heavy (non-hydrogen) atoms. The van der Waals surface area contributed by atoms with Crippen LogP contribution in [0.4, 0.5) is 0 Å². The molecule has 4 aromatic rings. The van der Waals surface area contributed by atoms with E-state index in [1.54, 1.807) is 11.3 Å². The Morgan fingerprint density at radius 1 is 0.936 bits per heavy atom. The summed E-state index contributed by atoms with van der Waals surface area (Å²) in [5.41, 5.74) is 0. The molecule has 0 bridgehead atoms. The van der Waals surface area contributed by atoms with E-state index in [4.69, 9.17) is 9.16 Å². The zero-order chi connectivity index (χ0) is 33.4. The molecule has 1 aromatic heterocycles. The zero-order valence-corrected chi connectivity index (χ0v) is 29.7. The summed E-state index contributed by atoms with van der Waals surface area (Å²) in [7, 11) is -1.51. The number of methoxy groups -OCH3 is 1. The number of esters is 1. The second-order valence-electron chi connectivity index (χ2n) is 13.6. The number of aliphatic hydroxyl groups is 2. The number of carbonyl (C=O) groups excluding carboxylic acids is 1. The summed E-state index contributed by atoms with van der Waals surface area (Å²) in [6.45, 7) is 6.86. The maximum absolute atomic E-state index is 11.4. The SMILES string of the molecule is COC(=O)CCCC=CC[C@@H]1[C@H](C=C[C@@H](O[Si](c2ccccc2)(c2ccccc2)C(C)(C)C)c2cc3ccccc3s2)[C@H](O)C[C@H]1O. The van der Waals surface area contributed by atoms with Gasteiger partial charge in [0.05, 0.1) is 25.4 Å². The van der Waals surface area contributed by atoms with Crippen LogP contribution in [0.15, 0.2) is 115 Å². The van der Waals surface area contributed by atoms with Crippen LogP contribution < -0.4 is 10.4 Å². The van der Waals surface area contributed by atoms with Crippen molar-refractivity contribution >= 4 is 46.1 Å². The number of thiophene rings is 1. The molecule has 5 nitrogen and oxygen atoms in total. The third kappa shape index (κ3) is 8.04. The Hall–Kier alpha value is -3.33. The van der Waals surface area contributed by atoms with Crippen molar-refractivity contribution in [2.75, 3.05) is 7.11 Å². The van der Waals surface area contributed by atoms with Gasteiger partial charge >= 0.3 is 5.97 Å². The minimum absolute atomic E-state index is 0.117. The number of benzene rings is 3. The molecule has 0 saturated heterocycles. The van der Waals surface area contributed by atoms with Gasteiger partial charge in [-0.15, -0.1) is 11.3 Å². The fraction of sp³-hybridized carbons (Fsp3) is 0.375. The van der Waals surface area contributed by atoms with E-state index in [-0.39, 0.29) is 28.9 Å². The highest BCUT2D eigenvalue weighted by molar-refractivity contribution is 7.19. The fourth-order valence-corrected chi connectivity index (χ4v) is 12.8. The van der Waals surface area contributed by atoms with Crippen LogP contribution in [-0.4, -0.2) is 43.8 Å². The first-order valence-electron chi connectivity index (χ1n) is 16.7. The molecule has 5 atom stereocenters. The molecule has 0 radical (unpaired) electrons. The summed E-state index contributed by atoms with van der Waals surface area (Å²) in [6, 6.07) is 32.0. The van der Waals surface area contributed by atoms with Gasteiger partial charge in [-0.3, -0.25) is 4.79 Å². The third-order valence-corrected chi connectivity index (χ3v) is 15.6. The average molecular weight is 669 g/mol. The Kier molecular flexibility index (Phi) is 11.7. The molecule has 5 rings (SSSR count). The molecule has 1 saturated carbocycles. The van der Waals surface area contributed by atoms with E-state index in [2.05, 4.69) is 136 Å². The van der Waals surface area contributed by atoms with Crippen LogP contribution in [0.2, 0.25) is 5.04 Å². The smallest absolute Gasteiger partial charge is 0.305 e. The Balaban J connectivity index is 1.51.